The van der Waals surface area contributed by atoms with Crippen LogP contribution in [-0.2, 0) is 6.54 Å². The van der Waals surface area contributed by atoms with E-state index in [9.17, 15) is 18.7 Å². The van der Waals surface area contributed by atoms with Crippen molar-refractivity contribution in [3.8, 4) is 5.75 Å². The first-order valence-corrected chi connectivity index (χ1v) is 9.57. The van der Waals surface area contributed by atoms with Crippen molar-refractivity contribution in [2.24, 2.45) is 0 Å². The van der Waals surface area contributed by atoms with Gasteiger partial charge in [0.05, 0.1) is 22.8 Å². The van der Waals surface area contributed by atoms with E-state index in [2.05, 4.69) is 15.5 Å². The predicted molar refractivity (Wildman–Crippen MR) is 108 cm³/mol. The summed E-state index contributed by atoms with van der Waals surface area (Å²) < 4.78 is 33.3. The molecule has 2 heterocycles. The molecule has 0 unspecified atom stereocenters. The van der Waals surface area contributed by atoms with E-state index in [4.69, 9.17) is 4.74 Å². The number of nitrogens with zero attached hydrogens (tertiary/aromatic N) is 4. The second-order valence-corrected chi connectivity index (χ2v) is 7.94. The molecule has 1 aromatic carbocycles. The number of amides is 1. The normalized spacial score (nSPS) is 12.2. The highest BCUT2D eigenvalue weighted by molar-refractivity contribution is 6.08. The Labute approximate surface area is 172 Å². The van der Waals surface area contributed by atoms with Crippen molar-refractivity contribution in [2.75, 3.05) is 5.32 Å². The molecule has 0 radical (unpaired) electrons. The summed E-state index contributed by atoms with van der Waals surface area (Å²) in [5.74, 6) is -0.191. The van der Waals surface area contributed by atoms with Gasteiger partial charge in [-0.3, -0.25) is 9.48 Å². The number of alkyl halides is 2. The molecule has 2 aromatic heterocycles. The van der Waals surface area contributed by atoms with Crippen LogP contribution in [0.5, 0.6) is 5.75 Å². The largest absolute Gasteiger partial charge is 0.490 e. The Kier molecular flexibility index (Phi) is 6.06. The summed E-state index contributed by atoms with van der Waals surface area (Å²) in [5, 5.41) is 21.3. The topological polar surface area (TPSA) is 94.2 Å². The van der Waals surface area contributed by atoms with Crippen molar-refractivity contribution in [2.45, 2.75) is 58.9 Å². The maximum Gasteiger partial charge on any atom is 0.333 e. The van der Waals surface area contributed by atoms with Crippen molar-refractivity contribution >= 4 is 22.6 Å². The predicted octanol–water partition coefficient (Wildman–Crippen LogP) is 3.83. The van der Waals surface area contributed by atoms with E-state index in [0.29, 0.717) is 34.3 Å². The van der Waals surface area contributed by atoms with Crippen LogP contribution in [0.25, 0.3) is 10.9 Å². The van der Waals surface area contributed by atoms with Gasteiger partial charge < -0.3 is 15.2 Å². The molecular formula is C20H25F2N5O3. The molecule has 10 heteroatoms. The van der Waals surface area contributed by atoms with Crippen LogP contribution in [0.1, 0.15) is 51.0 Å². The average molecular weight is 421 g/mol. The van der Waals surface area contributed by atoms with Crippen LogP contribution < -0.4 is 10.1 Å². The monoisotopic (exact) mass is 421 g/mol. The Morgan fingerprint density at radius 2 is 2.03 bits per heavy atom. The van der Waals surface area contributed by atoms with Crippen molar-refractivity contribution < 1.29 is 23.4 Å². The maximum absolute atomic E-state index is 12.8. The first-order chi connectivity index (χ1) is 14.0. The number of ether oxygens (including phenoxy) is 1. The molecule has 3 aromatic rings. The molecule has 3 rings (SSSR count). The van der Waals surface area contributed by atoms with Gasteiger partial charge in [0.1, 0.15) is 5.75 Å². The van der Waals surface area contributed by atoms with Crippen LogP contribution in [0.15, 0.2) is 30.6 Å². The molecule has 8 nitrogen and oxygen atoms in total. The van der Waals surface area contributed by atoms with Crippen LogP contribution in [-0.4, -0.2) is 42.3 Å². The van der Waals surface area contributed by atoms with E-state index in [1.807, 2.05) is 13.8 Å². The van der Waals surface area contributed by atoms with Crippen molar-refractivity contribution in [1.82, 2.24) is 19.6 Å². The number of carbonyl (C=O) groups is 1. The summed E-state index contributed by atoms with van der Waals surface area (Å²) >= 11 is 0. The lowest BCUT2D eigenvalue weighted by Crippen LogP contribution is -2.21. The highest BCUT2D eigenvalue weighted by atomic mass is 19.3. The molecule has 1 amide bonds. The van der Waals surface area contributed by atoms with Crippen molar-refractivity contribution in [3.05, 3.63) is 36.2 Å². The Bertz CT molecular complexity index is 1040. The molecule has 0 fully saturated rings. The van der Waals surface area contributed by atoms with Crippen LogP contribution >= 0.6 is 0 Å². The standard InChI is InChI=1S/C20H25F2N5O3/c1-12(2)30-16-10-15-13(11-26(24-15)8-6-20(3,4)29)9-14(16)18(28)23-17-5-7-27(25-17)19(21)22/h5,7,9-12,19,29H,6,8H2,1-4H3,(H,23,25,28). The van der Waals surface area contributed by atoms with Gasteiger partial charge in [-0.2, -0.15) is 19.0 Å². The second kappa shape index (κ2) is 8.39. The number of hydrogen-bond acceptors (Lipinski definition) is 5. The summed E-state index contributed by atoms with van der Waals surface area (Å²) in [5.41, 5.74) is 0.0567. The fraction of sp³-hybridized carbons (Fsp3) is 0.450. The number of fused-ring (bicyclic) bond motifs is 1. The number of aryl methyl sites for hydroxylation is 1. The first kappa shape index (κ1) is 21.7. The zero-order chi connectivity index (χ0) is 22.1. The number of carbonyl (C=O) groups excluding carboxylic acids is 1. The molecule has 0 atom stereocenters. The number of rotatable bonds is 8. The van der Waals surface area contributed by atoms with Gasteiger partial charge in [0, 0.05) is 36.5 Å². The van der Waals surface area contributed by atoms with Crippen LogP contribution in [0.4, 0.5) is 14.6 Å². The van der Waals surface area contributed by atoms with E-state index in [-0.39, 0.29) is 17.5 Å². The molecule has 0 aliphatic rings. The summed E-state index contributed by atoms with van der Waals surface area (Å²) in [6.07, 6.45) is 3.19. The highest BCUT2D eigenvalue weighted by Crippen LogP contribution is 2.28. The highest BCUT2D eigenvalue weighted by Gasteiger charge is 2.19. The van der Waals surface area contributed by atoms with Gasteiger partial charge in [-0.1, -0.05) is 0 Å². The number of nitrogens with one attached hydrogen (secondary N) is 1. The van der Waals surface area contributed by atoms with E-state index in [0.717, 1.165) is 6.20 Å². The number of anilines is 1. The molecular weight excluding hydrogens is 396 g/mol. The Morgan fingerprint density at radius 3 is 2.63 bits per heavy atom. The lowest BCUT2D eigenvalue weighted by atomic mass is 10.1. The van der Waals surface area contributed by atoms with Crippen molar-refractivity contribution in [1.29, 1.82) is 0 Å². The van der Waals surface area contributed by atoms with E-state index in [1.54, 1.807) is 36.9 Å². The fourth-order valence-corrected chi connectivity index (χ4v) is 2.83. The molecule has 0 saturated heterocycles. The van der Waals surface area contributed by atoms with Crippen LogP contribution in [0.2, 0.25) is 0 Å². The Balaban J connectivity index is 1.90. The third-order valence-corrected chi connectivity index (χ3v) is 4.26. The number of aromatic nitrogens is 4. The van der Waals surface area contributed by atoms with E-state index in [1.165, 1.54) is 6.07 Å². The number of benzene rings is 1. The smallest absolute Gasteiger partial charge is 0.333 e. The molecule has 162 valence electrons. The molecule has 0 bridgehead atoms. The van der Waals surface area contributed by atoms with Gasteiger partial charge in [0.25, 0.3) is 5.91 Å². The number of halogens is 2. The maximum atomic E-state index is 12.8. The molecule has 0 aliphatic heterocycles. The van der Waals surface area contributed by atoms with Crippen molar-refractivity contribution in [3.63, 3.8) is 0 Å². The van der Waals surface area contributed by atoms with Gasteiger partial charge in [0.15, 0.2) is 5.82 Å². The number of hydrogen-bond donors (Lipinski definition) is 2. The summed E-state index contributed by atoms with van der Waals surface area (Å²) in [7, 11) is 0. The van der Waals surface area contributed by atoms with Gasteiger partial charge >= 0.3 is 6.55 Å². The first-order valence-electron chi connectivity index (χ1n) is 9.57. The molecule has 0 saturated carbocycles. The zero-order valence-electron chi connectivity index (χ0n) is 17.3. The molecule has 0 spiro atoms. The summed E-state index contributed by atoms with van der Waals surface area (Å²) in [6, 6.07) is 4.60. The lowest BCUT2D eigenvalue weighted by Gasteiger charge is -2.16. The zero-order valence-corrected chi connectivity index (χ0v) is 17.3. The lowest BCUT2D eigenvalue weighted by molar-refractivity contribution is 0.0568. The van der Waals surface area contributed by atoms with E-state index < -0.39 is 18.1 Å². The fourth-order valence-electron chi connectivity index (χ4n) is 2.83. The summed E-state index contributed by atoms with van der Waals surface area (Å²) in [4.78, 5) is 12.8. The second-order valence-electron chi connectivity index (χ2n) is 7.94. The third kappa shape index (κ3) is 5.32. The quantitative estimate of drug-likeness (QED) is 0.577. The minimum Gasteiger partial charge on any atom is -0.490 e. The van der Waals surface area contributed by atoms with Gasteiger partial charge in [0.2, 0.25) is 0 Å². The molecule has 0 aliphatic carbocycles. The molecule has 2 N–H and O–H groups in total. The van der Waals surface area contributed by atoms with Gasteiger partial charge in [-0.05, 0) is 40.2 Å². The minimum atomic E-state index is -2.79. The average Bonchev–Trinajstić information content (AvgIpc) is 3.24. The van der Waals surface area contributed by atoms with E-state index >= 15 is 0 Å². The molecule has 30 heavy (non-hydrogen) atoms. The summed E-state index contributed by atoms with van der Waals surface area (Å²) in [6.45, 7) is 4.83. The van der Waals surface area contributed by atoms with Gasteiger partial charge in [-0.25, -0.2) is 4.68 Å². The van der Waals surface area contributed by atoms with Crippen LogP contribution in [0.3, 0.4) is 0 Å². The third-order valence-electron chi connectivity index (χ3n) is 4.26. The number of aliphatic hydroxyl groups is 1. The van der Waals surface area contributed by atoms with Gasteiger partial charge in [-0.15, -0.1) is 0 Å². The van der Waals surface area contributed by atoms with Crippen LogP contribution in [0, 0.1) is 0 Å². The minimum absolute atomic E-state index is 0.0109. The SMILES string of the molecule is CC(C)Oc1cc2nn(CCC(C)(C)O)cc2cc1C(=O)Nc1ccn(C(F)F)n1. The Morgan fingerprint density at radius 1 is 1.30 bits per heavy atom. The Hall–Kier alpha value is -3.01.